The number of hydrogen-bond donors (Lipinski definition) is 2. The molecule has 1 saturated carbocycles. The highest BCUT2D eigenvalue weighted by Crippen LogP contribution is 2.24. The van der Waals surface area contributed by atoms with Crippen molar-refractivity contribution in [3.05, 3.63) is 10.6 Å². The van der Waals surface area contributed by atoms with Gasteiger partial charge in [0.05, 0.1) is 0 Å². The first-order chi connectivity index (χ1) is 9.99. The fourth-order valence-corrected chi connectivity index (χ4v) is 3.52. The van der Waals surface area contributed by atoms with E-state index < -0.39 is 5.97 Å². The van der Waals surface area contributed by atoms with Gasteiger partial charge in [-0.15, -0.1) is 0 Å². The highest BCUT2D eigenvalue weighted by atomic mass is 32.1. The van der Waals surface area contributed by atoms with Crippen molar-refractivity contribution in [1.29, 1.82) is 0 Å². The first kappa shape index (κ1) is 15.9. The number of ketones is 1. The molecular formula is C14H21N3O3S. The molecule has 2 N–H and O–H groups in total. The van der Waals surface area contributed by atoms with E-state index in [9.17, 15) is 9.59 Å². The Hall–Kier alpha value is -1.47. The van der Waals surface area contributed by atoms with Gasteiger partial charge in [-0.1, -0.05) is 24.2 Å². The number of carbonyl (C=O) groups excluding carboxylic acids is 1. The van der Waals surface area contributed by atoms with Gasteiger partial charge in [0.2, 0.25) is 0 Å². The molecule has 0 aliphatic heterocycles. The van der Waals surface area contributed by atoms with Crippen molar-refractivity contribution in [1.82, 2.24) is 9.88 Å². The van der Waals surface area contributed by atoms with E-state index in [1.165, 1.54) is 32.6 Å². The molecule has 1 heterocycles. The highest BCUT2D eigenvalue weighted by Gasteiger charge is 2.21. The van der Waals surface area contributed by atoms with Gasteiger partial charge in [0.25, 0.3) is 0 Å². The van der Waals surface area contributed by atoms with Gasteiger partial charge in [0.1, 0.15) is 4.88 Å². The standard InChI is InChI=1S/C14H21N3O3S/c1-9(18)12-11(13(19)20)16-14(21-12)15-7-8-17(2)10-5-3-4-6-10/h10H,3-8H2,1-2H3,(H,15,16)(H,19,20). The SMILES string of the molecule is CC(=O)c1sc(NCCN(C)C2CCCC2)nc1C(=O)O. The van der Waals surface area contributed by atoms with Crippen molar-refractivity contribution in [2.75, 3.05) is 25.5 Å². The van der Waals surface area contributed by atoms with Gasteiger partial charge in [-0.2, -0.15) is 0 Å². The summed E-state index contributed by atoms with van der Waals surface area (Å²) in [6, 6.07) is 0.658. The number of aromatic carboxylic acids is 1. The third-order valence-electron chi connectivity index (χ3n) is 3.84. The smallest absolute Gasteiger partial charge is 0.356 e. The lowest BCUT2D eigenvalue weighted by atomic mass is 10.2. The number of Topliss-reactive ketones (excluding diaryl/α,β-unsaturated/α-hetero) is 1. The van der Waals surface area contributed by atoms with Gasteiger partial charge in [-0.3, -0.25) is 4.79 Å². The van der Waals surface area contributed by atoms with Gasteiger partial charge in [-0.25, -0.2) is 9.78 Å². The Bertz CT molecular complexity index is 492. The molecule has 6 nitrogen and oxygen atoms in total. The fourth-order valence-electron chi connectivity index (χ4n) is 2.65. The number of nitrogens with zero attached hydrogens (tertiary/aromatic N) is 2. The van der Waals surface area contributed by atoms with Crippen molar-refractivity contribution < 1.29 is 14.7 Å². The van der Waals surface area contributed by atoms with Gasteiger partial charge >= 0.3 is 5.97 Å². The topological polar surface area (TPSA) is 82.5 Å². The van der Waals surface area contributed by atoms with Gasteiger partial charge in [0, 0.05) is 26.1 Å². The van der Waals surface area contributed by atoms with Crippen molar-refractivity contribution in [3.8, 4) is 0 Å². The minimum absolute atomic E-state index is 0.154. The summed E-state index contributed by atoms with van der Waals surface area (Å²) in [5, 5.41) is 12.7. The average Bonchev–Trinajstić information content (AvgIpc) is 3.07. The van der Waals surface area contributed by atoms with Crippen molar-refractivity contribution in [2.45, 2.75) is 38.6 Å². The second-order valence-corrected chi connectivity index (χ2v) is 6.40. The van der Waals surface area contributed by atoms with Crippen LogP contribution in [-0.4, -0.2) is 52.9 Å². The third kappa shape index (κ3) is 4.01. The Morgan fingerprint density at radius 2 is 2.10 bits per heavy atom. The summed E-state index contributed by atoms with van der Waals surface area (Å²) >= 11 is 1.11. The van der Waals surface area contributed by atoms with E-state index >= 15 is 0 Å². The normalized spacial score (nSPS) is 15.6. The molecule has 0 unspecified atom stereocenters. The summed E-state index contributed by atoms with van der Waals surface area (Å²) in [6.07, 6.45) is 5.12. The summed E-state index contributed by atoms with van der Waals surface area (Å²) in [7, 11) is 2.11. The number of carbonyl (C=O) groups is 2. The van der Waals surface area contributed by atoms with E-state index in [-0.39, 0.29) is 16.4 Å². The Morgan fingerprint density at radius 3 is 2.62 bits per heavy atom. The molecule has 0 saturated heterocycles. The second kappa shape index (κ2) is 7.00. The zero-order valence-electron chi connectivity index (χ0n) is 12.4. The van der Waals surface area contributed by atoms with Crippen LogP contribution < -0.4 is 5.32 Å². The van der Waals surface area contributed by atoms with Crippen LogP contribution in [0.3, 0.4) is 0 Å². The van der Waals surface area contributed by atoms with Crippen LogP contribution in [-0.2, 0) is 0 Å². The van der Waals surface area contributed by atoms with E-state index in [1.807, 2.05) is 0 Å². The monoisotopic (exact) mass is 311 g/mol. The molecule has 7 heteroatoms. The number of anilines is 1. The van der Waals surface area contributed by atoms with E-state index in [0.717, 1.165) is 17.9 Å². The zero-order chi connectivity index (χ0) is 15.4. The van der Waals surface area contributed by atoms with Crippen LogP contribution in [0.1, 0.15) is 52.8 Å². The van der Waals surface area contributed by atoms with Gasteiger partial charge in [-0.05, 0) is 19.9 Å². The lowest BCUT2D eigenvalue weighted by molar-refractivity contribution is 0.0687. The predicted molar refractivity (Wildman–Crippen MR) is 82.5 cm³/mol. The number of hydrogen-bond acceptors (Lipinski definition) is 6. The summed E-state index contributed by atoms with van der Waals surface area (Å²) < 4.78 is 0. The fraction of sp³-hybridized carbons (Fsp3) is 0.643. The first-order valence-electron chi connectivity index (χ1n) is 7.18. The summed E-state index contributed by atoms with van der Waals surface area (Å²) in [5.74, 6) is -1.42. The molecular weight excluding hydrogens is 290 g/mol. The van der Waals surface area contributed by atoms with E-state index in [2.05, 4.69) is 22.2 Å². The molecule has 0 aromatic carbocycles. The van der Waals surface area contributed by atoms with Crippen LogP contribution >= 0.6 is 11.3 Å². The number of carboxylic acids is 1. The number of likely N-dealkylation sites (N-methyl/N-ethyl adjacent to an activating group) is 1. The van der Waals surface area contributed by atoms with Gasteiger partial charge < -0.3 is 15.3 Å². The minimum Gasteiger partial charge on any atom is -0.476 e. The molecule has 0 bridgehead atoms. The predicted octanol–water partition coefficient (Wildman–Crippen LogP) is 2.33. The van der Waals surface area contributed by atoms with Crippen LogP contribution in [0.5, 0.6) is 0 Å². The lowest BCUT2D eigenvalue weighted by Crippen LogP contribution is -2.33. The minimum atomic E-state index is -1.16. The van der Waals surface area contributed by atoms with E-state index in [0.29, 0.717) is 17.7 Å². The largest absolute Gasteiger partial charge is 0.476 e. The number of aromatic nitrogens is 1. The van der Waals surface area contributed by atoms with Crippen LogP contribution in [0, 0.1) is 0 Å². The van der Waals surface area contributed by atoms with Crippen LogP contribution in [0.15, 0.2) is 0 Å². The quantitative estimate of drug-likeness (QED) is 0.752. The molecule has 1 aliphatic rings. The molecule has 1 aliphatic carbocycles. The number of rotatable bonds is 7. The summed E-state index contributed by atoms with van der Waals surface area (Å²) in [5.41, 5.74) is -0.154. The molecule has 1 fully saturated rings. The zero-order valence-corrected chi connectivity index (χ0v) is 13.2. The van der Waals surface area contributed by atoms with E-state index in [4.69, 9.17) is 5.11 Å². The van der Waals surface area contributed by atoms with Crippen molar-refractivity contribution in [2.24, 2.45) is 0 Å². The Balaban J connectivity index is 1.89. The second-order valence-electron chi connectivity index (χ2n) is 5.40. The molecule has 0 atom stereocenters. The Morgan fingerprint density at radius 1 is 1.43 bits per heavy atom. The molecule has 116 valence electrons. The maximum atomic E-state index is 11.4. The van der Waals surface area contributed by atoms with Crippen LogP contribution in [0.25, 0.3) is 0 Å². The maximum Gasteiger partial charge on any atom is 0.356 e. The Kier molecular flexibility index (Phi) is 5.30. The maximum absolute atomic E-state index is 11.4. The molecule has 0 spiro atoms. The number of carboxylic acid groups (broad SMARTS) is 1. The lowest BCUT2D eigenvalue weighted by Gasteiger charge is -2.23. The summed E-state index contributed by atoms with van der Waals surface area (Å²) in [6.45, 7) is 2.93. The van der Waals surface area contributed by atoms with Gasteiger partial charge in [0.15, 0.2) is 16.6 Å². The molecule has 1 aromatic rings. The third-order valence-corrected chi connectivity index (χ3v) is 4.95. The van der Waals surface area contributed by atoms with E-state index in [1.54, 1.807) is 0 Å². The molecule has 2 rings (SSSR count). The Labute approximate surface area is 128 Å². The first-order valence-corrected chi connectivity index (χ1v) is 8.00. The number of thiazole rings is 1. The average molecular weight is 311 g/mol. The highest BCUT2D eigenvalue weighted by molar-refractivity contribution is 7.17. The van der Waals surface area contributed by atoms with Crippen LogP contribution in [0.2, 0.25) is 0 Å². The molecule has 21 heavy (non-hydrogen) atoms. The summed E-state index contributed by atoms with van der Waals surface area (Å²) in [4.78, 5) is 29.0. The number of nitrogens with one attached hydrogen (secondary N) is 1. The molecule has 1 aromatic heterocycles. The van der Waals surface area contributed by atoms with Crippen molar-refractivity contribution >= 4 is 28.2 Å². The van der Waals surface area contributed by atoms with Crippen LogP contribution in [0.4, 0.5) is 5.13 Å². The van der Waals surface area contributed by atoms with Crippen molar-refractivity contribution in [3.63, 3.8) is 0 Å². The molecule has 0 radical (unpaired) electrons. The molecule has 0 amide bonds.